The summed E-state index contributed by atoms with van der Waals surface area (Å²) < 4.78 is 7.16. The van der Waals surface area contributed by atoms with Gasteiger partial charge in [-0.25, -0.2) is 4.98 Å². The average molecular weight is 290 g/mol. The number of ether oxygens (including phenoxy) is 1. The number of piperidine rings is 1. The van der Waals surface area contributed by atoms with E-state index in [1.54, 1.807) is 18.3 Å². The Morgan fingerprint density at radius 3 is 2.80 bits per heavy atom. The van der Waals surface area contributed by atoms with Crippen LogP contribution in [0.5, 0.6) is 5.19 Å². The van der Waals surface area contributed by atoms with Gasteiger partial charge in [0.05, 0.1) is 10.2 Å². The molecule has 1 aliphatic rings. The molecule has 20 heavy (non-hydrogen) atoms. The van der Waals surface area contributed by atoms with Crippen LogP contribution in [-0.2, 0) is 4.79 Å². The minimum atomic E-state index is 0.152. The number of carbonyl (C=O) groups excluding carboxylic acids is 1. The van der Waals surface area contributed by atoms with Gasteiger partial charge in [-0.2, -0.15) is 0 Å². The van der Waals surface area contributed by atoms with Crippen molar-refractivity contribution in [2.75, 3.05) is 13.1 Å². The first-order valence-corrected chi connectivity index (χ1v) is 7.73. The molecule has 1 aliphatic heterocycles. The quantitative estimate of drug-likeness (QED) is 0.854. The van der Waals surface area contributed by atoms with Crippen molar-refractivity contribution in [2.24, 2.45) is 0 Å². The first kappa shape index (κ1) is 13.4. The fourth-order valence-corrected chi connectivity index (χ4v) is 3.51. The summed E-state index contributed by atoms with van der Waals surface area (Å²) in [6.45, 7) is 5.25. The standard InChI is InChI=1S/C15H18N2O2S/c1-10-4-3-5-13-14(10)16-15(20-13)19-12-6-8-17(9-7-12)11(2)18/h3-5,12H,6-9H2,1-2H3. The van der Waals surface area contributed by atoms with Gasteiger partial charge in [0.2, 0.25) is 5.91 Å². The summed E-state index contributed by atoms with van der Waals surface area (Å²) in [4.78, 5) is 17.7. The second kappa shape index (κ2) is 5.40. The summed E-state index contributed by atoms with van der Waals surface area (Å²) in [5.41, 5.74) is 2.22. The molecule has 1 amide bonds. The number of fused-ring (bicyclic) bond motifs is 1. The Balaban J connectivity index is 1.68. The van der Waals surface area contributed by atoms with E-state index < -0.39 is 0 Å². The monoisotopic (exact) mass is 290 g/mol. The van der Waals surface area contributed by atoms with E-state index in [4.69, 9.17) is 4.74 Å². The molecule has 0 unspecified atom stereocenters. The summed E-state index contributed by atoms with van der Waals surface area (Å²) in [7, 11) is 0. The number of hydrogen-bond acceptors (Lipinski definition) is 4. The van der Waals surface area contributed by atoms with Crippen LogP contribution in [0.4, 0.5) is 0 Å². The minimum Gasteiger partial charge on any atom is -0.467 e. The van der Waals surface area contributed by atoms with Crippen molar-refractivity contribution in [3.63, 3.8) is 0 Å². The van der Waals surface area contributed by atoms with E-state index >= 15 is 0 Å². The van der Waals surface area contributed by atoms with Gasteiger partial charge in [0.25, 0.3) is 5.19 Å². The maximum atomic E-state index is 11.3. The van der Waals surface area contributed by atoms with Crippen LogP contribution in [0.3, 0.4) is 0 Å². The van der Waals surface area contributed by atoms with Gasteiger partial charge in [-0.3, -0.25) is 4.79 Å². The van der Waals surface area contributed by atoms with Gasteiger partial charge in [0.15, 0.2) is 0 Å². The molecule has 1 saturated heterocycles. The van der Waals surface area contributed by atoms with Crippen LogP contribution in [0.1, 0.15) is 25.3 Å². The molecule has 3 rings (SSSR count). The molecule has 0 radical (unpaired) electrons. The number of para-hydroxylation sites is 1. The molecule has 1 fully saturated rings. The number of hydrogen-bond donors (Lipinski definition) is 0. The lowest BCUT2D eigenvalue weighted by atomic mass is 10.1. The Bertz CT molecular complexity index is 630. The van der Waals surface area contributed by atoms with Gasteiger partial charge in [0, 0.05) is 32.9 Å². The summed E-state index contributed by atoms with van der Waals surface area (Å²) in [5.74, 6) is 0.152. The lowest BCUT2D eigenvalue weighted by Gasteiger charge is -2.30. The molecule has 5 heteroatoms. The first-order chi connectivity index (χ1) is 9.63. The third-order valence-electron chi connectivity index (χ3n) is 3.76. The van der Waals surface area contributed by atoms with Crippen molar-refractivity contribution in [3.8, 4) is 5.19 Å². The van der Waals surface area contributed by atoms with Crippen LogP contribution in [0, 0.1) is 6.92 Å². The van der Waals surface area contributed by atoms with Crippen molar-refractivity contribution in [3.05, 3.63) is 23.8 Å². The Labute approximate surface area is 122 Å². The van der Waals surface area contributed by atoms with Gasteiger partial charge in [-0.1, -0.05) is 23.5 Å². The highest BCUT2D eigenvalue weighted by Gasteiger charge is 2.22. The zero-order valence-electron chi connectivity index (χ0n) is 11.8. The molecular weight excluding hydrogens is 272 g/mol. The molecule has 0 atom stereocenters. The van der Waals surface area contributed by atoms with Crippen LogP contribution in [0.15, 0.2) is 18.2 Å². The SMILES string of the molecule is CC(=O)N1CCC(Oc2nc3c(C)cccc3s2)CC1. The van der Waals surface area contributed by atoms with E-state index in [-0.39, 0.29) is 12.0 Å². The number of nitrogens with zero attached hydrogens (tertiary/aromatic N) is 2. The zero-order chi connectivity index (χ0) is 14.1. The molecular formula is C15H18N2O2S. The minimum absolute atomic E-state index is 0.152. The highest BCUT2D eigenvalue weighted by Crippen LogP contribution is 2.31. The van der Waals surface area contributed by atoms with E-state index in [9.17, 15) is 4.79 Å². The summed E-state index contributed by atoms with van der Waals surface area (Å²) >= 11 is 1.60. The molecule has 1 aromatic heterocycles. The first-order valence-electron chi connectivity index (χ1n) is 6.92. The fourth-order valence-electron chi connectivity index (χ4n) is 2.55. The van der Waals surface area contributed by atoms with Gasteiger partial charge in [-0.15, -0.1) is 0 Å². The highest BCUT2D eigenvalue weighted by atomic mass is 32.1. The Hall–Kier alpha value is -1.62. The zero-order valence-corrected chi connectivity index (χ0v) is 12.6. The Kier molecular flexibility index (Phi) is 3.61. The number of likely N-dealkylation sites (tertiary alicyclic amines) is 1. The van der Waals surface area contributed by atoms with Crippen molar-refractivity contribution in [2.45, 2.75) is 32.8 Å². The van der Waals surface area contributed by atoms with Crippen molar-refractivity contribution in [1.82, 2.24) is 9.88 Å². The lowest BCUT2D eigenvalue weighted by Crippen LogP contribution is -2.40. The van der Waals surface area contributed by atoms with E-state index in [0.717, 1.165) is 36.6 Å². The number of rotatable bonds is 2. The van der Waals surface area contributed by atoms with Gasteiger partial charge >= 0.3 is 0 Å². The summed E-state index contributed by atoms with van der Waals surface area (Å²) in [5, 5.41) is 0.746. The molecule has 4 nitrogen and oxygen atoms in total. The largest absolute Gasteiger partial charge is 0.467 e. The molecule has 2 aromatic rings. The number of thiazole rings is 1. The van der Waals surface area contributed by atoms with E-state index in [1.165, 1.54) is 10.3 Å². The molecule has 0 aliphatic carbocycles. The maximum Gasteiger partial charge on any atom is 0.274 e. The molecule has 106 valence electrons. The third-order valence-corrected chi connectivity index (χ3v) is 4.67. The third kappa shape index (κ3) is 2.63. The predicted octanol–water partition coefficient (Wildman–Crippen LogP) is 2.99. The summed E-state index contributed by atoms with van der Waals surface area (Å²) in [6, 6.07) is 6.19. The number of amides is 1. The van der Waals surface area contributed by atoms with Crippen molar-refractivity contribution < 1.29 is 9.53 Å². The number of aryl methyl sites for hydroxylation is 1. The second-order valence-electron chi connectivity index (χ2n) is 5.22. The van der Waals surface area contributed by atoms with E-state index in [1.807, 2.05) is 11.0 Å². The molecule has 0 bridgehead atoms. The molecule has 0 spiro atoms. The molecule has 1 aromatic carbocycles. The highest BCUT2D eigenvalue weighted by molar-refractivity contribution is 7.20. The number of benzene rings is 1. The number of aromatic nitrogens is 1. The van der Waals surface area contributed by atoms with Crippen molar-refractivity contribution >= 4 is 27.5 Å². The molecule has 0 saturated carbocycles. The van der Waals surface area contributed by atoms with E-state index in [2.05, 4.69) is 24.0 Å². The van der Waals surface area contributed by atoms with Crippen LogP contribution >= 0.6 is 11.3 Å². The Morgan fingerprint density at radius 1 is 1.40 bits per heavy atom. The Morgan fingerprint density at radius 2 is 2.15 bits per heavy atom. The van der Waals surface area contributed by atoms with Crippen LogP contribution < -0.4 is 4.74 Å². The van der Waals surface area contributed by atoms with Gasteiger partial charge in [0.1, 0.15) is 6.10 Å². The van der Waals surface area contributed by atoms with Crippen LogP contribution in [0.2, 0.25) is 0 Å². The summed E-state index contributed by atoms with van der Waals surface area (Å²) in [6.07, 6.45) is 1.94. The fraction of sp³-hybridized carbons (Fsp3) is 0.467. The average Bonchev–Trinajstić information content (AvgIpc) is 2.83. The van der Waals surface area contributed by atoms with Crippen LogP contribution in [0.25, 0.3) is 10.2 Å². The van der Waals surface area contributed by atoms with Gasteiger partial charge < -0.3 is 9.64 Å². The van der Waals surface area contributed by atoms with Crippen molar-refractivity contribution in [1.29, 1.82) is 0 Å². The lowest BCUT2D eigenvalue weighted by molar-refractivity contribution is -0.130. The van der Waals surface area contributed by atoms with Crippen LogP contribution in [-0.4, -0.2) is 35.0 Å². The predicted molar refractivity (Wildman–Crippen MR) is 80.3 cm³/mol. The maximum absolute atomic E-state index is 11.3. The second-order valence-corrected chi connectivity index (χ2v) is 6.22. The molecule has 2 heterocycles. The topological polar surface area (TPSA) is 42.4 Å². The van der Waals surface area contributed by atoms with E-state index in [0.29, 0.717) is 0 Å². The smallest absolute Gasteiger partial charge is 0.274 e. The number of carbonyl (C=O) groups is 1. The molecule has 0 N–H and O–H groups in total. The normalized spacial score (nSPS) is 16.6. The van der Waals surface area contributed by atoms with Gasteiger partial charge in [-0.05, 0) is 18.6 Å².